The Kier molecular flexibility index (Phi) is 3.74. The summed E-state index contributed by atoms with van der Waals surface area (Å²) >= 11 is 0. The van der Waals surface area contributed by atoms with Crippen molar-refractivity contribution < 1.29 is 9.18 Å². The zero-order chi connectivity index (χ0) is 14.1. The zero-order valence-corrected chi connectivity index (χ0v) is 11.6. The van der Waals surface area contributed by atoms with Crippen LogP contribution in [0.5, 0.6) is 0 Å². The van der Waals surface area contributed by atoms with E-state index in [-0.39, 0.29) is 5.82 Å². The van der Waals surface area contributed by atoms with Crippen molar-refractivity contribution >= 4 is 5.91 Å². The van der Waals surface area contributed by atoms with Crippen LogP contribution in [0.1, 0.15) is 41.6 Å². The minimum absolute atomic E-state index is 0.281. The molecule has 0 heterocycles. The number of hydrogen-bond donors (Lipinski definition) is 2. The lowest BCUT2D eigenvalue weighted by atomic mass is 9.98. The number of hydrogen-bond acceptors (Lipinski definition) is 2. The van der Waals surface area contributed by atoms with Crippen molar-refractivity contribution in [3.05, 3.63) is 35.1 Å². The molecule has 0 unspecified atom stereocenters. The minimum Gasteiger partial charge on any atom is -0.366 e. The Bertz CT molecular complexity index is 497. The van der Waals surface area contributed by atoms with Crippen molar-refractivity contribution in [1.82, 2.24) is 5.32 Å². The first kappa shape index (κ1) is 13.6. The molecule has 108 valence electrons. The highest BCUT2D eigenvalue weighted by molar-refractivity contribution is 5.92. The average molecular weight is 276 g/mol. The standard InChI is InChI=1S/C16H21FN2O/c17-15-6-5-12(16(18)20)7-13(15)8-19-9-14(10-1-2-10)11-3-4-11/h5-7,10-11,14,19H,1-4,8-9H2,(H2,18,20). The van der Waals surface area contributed by atoms with Crippen LogP contribution in [0.4, 0.5) is 4.39 Å². The van der Waals surface area contributed by atoms with Crippen LogP contribution in [-0.2, 0) is 6.54 Å². The highest BCUT2D eigenvalue weighted by Crippen LogP contribution is 2.48. The Labute approximate surface area is 118 Å². The number of halogens is 1. The monoisotopic (exact) mass is 276 g/mol. The van der Waals surface area contributed by atoms with Crippen LogP contribution in [0.2, 0.25) is 0 Å². The quantitative estimate of drug-likeness (QED) is 0.803. The Balaban J connectivity index is 1.57. The van der Waals surface area contributed by atoms with Gasteiger partial charge in [-0.05, 0) is 68.2 Å². The number of amides is 1. The first-order valence-corrected chi connectivity index (χ1v) is 7.44. The van der Waals surface area contributed by atoms with Gasteiger partial charge in [-0.2, -0.15) is 0 Å². The lowest BCUT2D eigenvalue weighted by Gasteiger charge is -2.16. The largest absolute Gasteiger partial charge is 0.366 e. The maximum atomic E-state index is 13.7. The van der Waals surface area contributed by atoms with E-state index in [1.54, 1.807) is 6.07 Å². The molecule has 0 spiro atoms. The molecule has 2 aliphatic rings. The van der Waals surface area contributed by atoms with Crippen LogP contribution in [-0.4, -0.2) is 12.5 Å². The van der Waals surface area contributed by atoms with E-state index >= 15 is 0 Å². The van der Waals surface area contributed by atoms with Gasteiger partial charge in [0.05, 0.1) is 0 Å². The molecule has 2 aliphatic carbocycles. The molecule has 0 aromatic heterocycles. The molecule has 2 saturated carbocycles. The molecular formula is C16H21FN2O. The van der Waals surface area contributed by atoms with E-state index < -0.39 is 5.91 Å². The first-order valence-electron chi connectivity index (χ1n) is 7.44. The van der Waals surface area contributed by atoms with Crippen LogP contribution in [0.25, 0.3) is 0 Å². The van der Waals surface area contributed by atoms with Gasteiger partial charge >= 0.3 is 0 Å². The molecular weight excluding hydrogens is 255 g/mol. The number of nitrogens with one attached hydrogen (secondary N) is 1. The summed E-state index contributed by atoms with van der Waals surface area (Å²) in [6.07, 6.45) is 5.42. The Morgan fingerprint density at radius 2 is 1.95 bits per heavy atom. The number of nitrogens with two attached hydrogens (primary N) is 1. The van der Waals surface area contributed by atoms with Gasteiger partial charge < -0.3 is 11.1 Å². The van der Waals surface area contributed by atoms with Gasteiger partial charge in [-0.15, -0.1) is 0 Å². The summed E-state index contributed by atoms with van der Waals surface area (Å²) in [6.45, 7) is 1.42. The molecule has 4 heteroatoms. The second-order valence-electron chi connectivity index (χ2n) is 6.14. The van der Waals surface area contributed by atoms with Crippen molar-refractivity contribution in [1.29, 1.82) is 0 Å². The third-order valence-electron chi connectivity index (χ3n) is 4.48. The molecule has 1 aromatic rings. The summed E-state index contributed by atoms with van der Waals surface area (Å²) in [5, 5.41) is 3.36. The molecule has 0 atom stereocenters. The number of carbonyl (C=O) groups is 1. The Morgan fingerprint density at radius 3 is 2.50 bits per heavy atom. The topological polar surface area (TPSA) is 55.1 Å². The van der Waals surface area contributed by atoms with Crippen LogP contribution >= 0.6 is 0 Å². The van der Waals surface area contributed by atoms with E-state index in [9.17, 15) is 9.18 Å². The summed E-state index contributed by atoms with van der Waals surface area (Å²) in [5.74, 6) is 1.74. The molecule has 1 amide bonds. The molecule has 0 saturated heterocycles. The van der Waals surface area contributed by atoms with Crippen LogP contribution in [0.3, 0.4) is 0 Å². The molecule has 2 fully saturated rings. The molecule has 3 rings (SSSR count). The summed E-state index contributed by atoms with van der Waals surface area (Å²) in [4.78, 5) is 11.1. The fourth-order valence-electron chi connectivity index (χ4n) is 3.00. The van der Waals surface area contributed by atoms with E-state index in [0.717, 1.165) is 24.3 Å². The van der Waals surface area contributed by atoms with E-state index in [2.05, 4.69) is 5.32 Å². The van der Waals surface area contributed by atoms with Crippen molar-refractivity contribution in [3.63, 3.8) is 0 Å². The van der Waals surface area contributed by atoms with Gasteiger partial charge in [0.15, 0.2) is 0 Å². The maximum Gasteiger partial charge on any atom is 0.248 e. The Morgan fingerprint density at radius 1 is 1.30 bits per heavy atom. The van der Waals surface area contributed by atoms with E-state index in [1.807, 2.05) is 0 Å². The van der Waals surface area contributed by atoms with Gasteiger partial charge in [-0.25, -0.2) is 4.39 Å². The lowest BCUT2D eigenvalue weighted by molar-refractivity contribution is 0.1000. The molecule has 20 heavy (non-hydrogen) atoms. The summed E-state index contributed by atoms with van der Waals surface area (Å²) in [6, 6.07) is 4.29. The molecule has 0 radical (unpaired) electrons. The second kappa shape index (κ2) is 5.52. The van der Waals surface area contributed by atoms with Gasteiger partial charge in [0, 0.05) is 17.7 Å². The molecule has 1 aromatic carbocycles. The van der Waals surface area contributed by atoms with Crippen LogP contribution in [0.15, 0.2) is 18.2 Å². The number of benzene rings is 1. The molecule has 3 N–H and O–H groups in total. The molecule has 0 bridgehead atoms. The third kappa shape index (κ3) is 3.18. The predicted molar refractivity (Wildman–Crippen MR) is 75.6 cm³/mol. The highest BCUT2D eigenvalue weighted by atomic mass is 19.1. The maximum absolute atomic E-state index is 13.7. The van der Waals surface area contributed by atoms with Crippen molar-refractivity contribution in [2.24, 2.45) is 23.5 Å². The lowest BCUT2D eigenvalue weighted by Crippen LogP contribution is -2.25. The normalized spacial score (nSPS) is 18.5. The summed E-state index contributed by atoms with van der Waals surface area (Å²) < 4.78 is 13.7. The van der Waals surface area contributed by atoms with Gasteiger partial charge in [0.25, 0.3) is 0 Å². The van der Waals surface area contributed by atoms with Gasteiger partial charge in [0.1, 0.15) is 5.82 Å². The number of rotatable bonds is 7. The highest BCUT2D eigenvalue weighted by Gasteiger charge is 2.40. The van der Waals surface area contributed by atoms with Crippen molar-refractivity contribution in [2.45, 2.75) is 32.2 Å². The van der Waals surface area contributed by atoms with Gasteiger partial charge in [-0.3, -0.25) is 4.79 Å². The fourth-order valence-corrected chi connectivity index (χ4v) is 3.00. The van der Waals surface area contributed by atoms with E-state index in [1.165, 1.54) is 37.8 Å². The molecule has 3 nitrogen and oxygen atoms in total. The number of carbonyl (C=O) groups excluding carboxylic acids is 1. The molecule has 0 aliphatic heterocycles. The predicted octanol–water partition coefficient (Wildman–Crippen LogP) is 2.45. The zero-order valence-electron chi connectivity index (χ0n) is 11.6. The van der Waals surface area contributed by atoms with Gasteiger partial charge in [-0.1, -0.05) is 0 Å². The second-order valence-corrected chi connectivity index (χ2v) is 6.14. The van der Waals surface area contributed by atoms with Crippen molar-refractivity contribution in [2.75, 3.05) is 6.54 Å². The van der Waals surface area contributed by atoms with Crippen LogP contribution < -0.4 is 11.1 Å². The third-order valence-corrected chi connectivity index (χ3v) is 4.48. The minimum atomic E-state index is -0.514. The van der Waals surface area contributed by atoms with Gasteiger partial charge in [0.2, 0.25) is 5.91 Å². The number of primary amides is 1. The van der Waals surface area contributed by atoms with Crippen molar-refractivity contribution in [3.8, 4) is 0 Å². The summed E-state index contributed by atoms with van der Waals surface area (Å²) in [5.41, 5.74) is 6.11. The smallest absolute Gasteiger partial charge is 0.248 e. The first-order chi connectivity index (χ1) is 9.65. The van der Waals surface area contributed by atoms with E-state index in [0.29, 0.717) is 17.7 Å². The van der Waals surface area contributed by atoms with E-state index in [4.69, 9.17) is 5.73 Å². The Hall–Kier alpha value is -1.42. The fraction of sp³-hybridized carbons (Fsp3) is 0.562. The van der Waals surface area contributed by atoms with Crippen LogP contribution in [0, 0.1) is 23.6 Å². The average Bonchev–Trinajstić information content (AvgIpc) is 3.27. The SMILES string of the molecule is NC(=O)c1ccc(F)c(CNCC(C2CC2)C2CC2)c1. The summed E-state index contributed by atoms with van der Waals surface area (Å²) in [7, 11) is 0.